The van der Waals surface area contributed by atoms with E-state index in [-0.39, 0.29) is 23.1 Å². The van der Waals surface area contributed by atoms with Gasteiger partial charge in [0.2, 0.25) is 5.89 Å². The van der Waals surface area contributed by atoms with Gasteiger partial charge < -0.3 is 8.83 Å². The van der Waals surface area contributed by atoms with Gasteiger partial charge in [0.05, 0.1) is 18.1 Å². The number of carbonyl (C=O) groups is 1. The van der Waals surface area contributed by atoms with E-state index in [1.807, 2.05) is 41.8 Å². The third kappa shape index (κ3) is 4.71. The zero-order chi connectivity index (χ0) is 23.7. The smallest absolute Gasteiger partial charge is 0.277 e. The van der Waals surface area contributed by atoms with Crippen LogP contribution in [-0.2, 0) is 10.2 Å². The van der Waals surface area contributed by atoms with Crippen LogP contribution in [0.3, 0.4) is 0 Å². The number of hydrogen-bond acceptors (Lipinski definition) is 8. The van der Waals surface area contributed by atoms with Crippen LogP contribution in [0.5, 0.6) is 0 Å². The molecular formula is C25H24N4O3S2. The Morgan fingerprint density at radius 2 is 1.97 bits per heavy atom. The van der Waals surface area contributed by atoms with Gasteiger partial charge >= 0.3 is 0 Å². The molecule has 0 N–H and O–H groups in total. The topological polar surface area (TPSA) is 84.7 Å². The zero-order valence-corrected chi connectivity index (χ0v) is 20.7. The van der Waals surface area contributed by atoms with Gasteiger partial charge in [-0.3, -0.25) is 4.79 Å². The van der Waals surface area contributed by atoms with E-state index in [9.17, 15) is 4.79 Å². The van der Waals surface area contributed by atoms with Crippen molar-refractivity contribution >= 4 is 34.7 Å². The molecule has 1 unspecified atom stereocenters. The summed E-state index contributed by atoms with van der Waals surface area (Å²) in [6.07, 6.45) is 2.22. The fourth-order valence-corrected chi connectivity index (χ4v) is 5.15. The van der Waals surface area contributed by atoms with Gasteiger partial charge in [-0.2, -0.15) is 5.10 Å². The molecule has 9 heteroatoms. The van der Waals surface area contributed by atoms with Crippen molar-refractivity contribution in [3.8, 4) is 11.5 Å². The van der Waals surface area contributed by atoms with Crippen molar-refractivity contribution in [1.29, 1.82) is 0 Å². The number of hydrogen-bond donors (Lipinski definition) is 0. The zero-order valence-electron chi connectivity index (χ0n) is 19.1. The van der Waals surface area contributed by atoms with Crippen LogP contribution in [0.4, 0.5) is 0 Å². The Balaban J connectivity index is 1.27. The first-order valence-corrected chi connectivity index (χ1v) is 12.8. The number of carbonyl (C=O) groups excluding carboxylic acids is 1. The highest BCUT2D eigenvalue weighted by atomic mass is 32.2. The number of nitrogens with zero attached hydrogens (tertiary/aromatic N) is 4. The highest BCUT2D eigenvalue weighted by Gasteiger charge is 2.34. The molecule has 0 radical (unpaired) electrons. The predicted octanol–water partition coefficient (Wildman–Crippen LogP) is 6.16. The van der Waals surface area contributed by atoms with E-state index in [2.05, 4.69) is 48.2 Å². The van der Waals surface area contributed by atoms with Crippen LogP contribution in [0, 0.1) is 0 Å². The Morgan fingerprint density at radius 3 is 2.65 bits per heavy atom. The van der Waals surface area contributed by atoms with Gasteiger partial charge in [-0.1, -0.05) is 50.7 Å². The molecule has 1 aliphatic heterocycles. The second kappa shape index (κ2) is 9.23. The predicted molar refractivity (Wildman–Crippen MR) is 133 cm³/mol. The summed E-state index contributed by atoms with van der Waals surface area (Å²) in [4.78, 5) is 14.2. The summed E-state index contributed by atoms with van der Waals surface area (Å²) in [5, 5.41) is 16.8. The van der Waals surface area contributed by atoms with Gasteiger partial charge in [0, 0.05) is 16.9 Å². The molecule has 4 aromatic rings. The number of thiophene rings is 1. The van der Waals surface area contributed by atoms with Gasteiger partial charge in [-0.05, 0) is 46.7 Å². The average molecular weight is 493 g/mol. The summed E-state index contributed by atoms with van der Waals surface area (Å²) < 4.78 is 11.3. The van der Waals surface area contributed by atoms with E-state index in [1.54, 1.807) is 22.6 Å². The molecule has 1 aliphatic rings. The number of benzene rings is 1. The second-order valence-corrected chi connectivity index (χ2v) is 10.9. The molecule has 1 atom stereocenters. The molecule has 174 valence electrons. The molecule has 0 saturated heterocycles. The van der Waals surface area contributed by atoms with Crippen molar-refractivity contribution in [3.05, 3.63) is 76.4 Å². The average Bonchev–Trinajstić information content (AvgIpc) is 3.63. The molecule has 7 nitrogen and oxygen atoms in total. The van der Waals surface area contributed by atoms with Crippen LogP contribution in [0.25, 0.3) is 11.5 Å². The van der Waals surface area contributed by atoms with Crippen molar-refractivity contribution in [1.82, 2.24) is 15.2 Å². The summed E-state index contributed by atoms with van der Waals surface area (Å²) in [6.45, 7) is 6.52. The molecule has 1 aromatic carbocycles. The van der Waals surface area contributed by atoms with Crippen molar-refractivity contribution in [2.75, 3.05) is 5.75 Å². The SMILES string of the molecule is CC(C)(C)c1ccc(-c2nnc(SCC(=O)N3N=C(c4ccco4)CC3c3cccs3)o2)cc1. The van der Waals surface area contributed by atoms with Crippen molar-refractivity contribution in [2.24, 2.45) is 5.10 Å². The number of amides is 1. The largest absolute Gasteiger partial charge is 0.463 e. The molecule has 0 bridgehead atoms. The second-order valence-electron chi connectivity index (χ2n) is 8.99. The lowest BCUT2D eigenvalue weighted by Crippen LogP contribution is -2.28. The van der Waals surface area contributed by atoms with E-state index in [1.165, 1.54) is 17.3 Å². The maximum absolute atomic E-state index is 13.1. The number of hydrazone groups is 1. The Kier molecular flexibility index (Phi) is 6.14. The van der Waals surface area contributed by atoms with E-state index >= 15 is 0 Å². The monoisotopic (exact) mass is 492 g/mol. The summed E-state index contributed by atoms with van der Waals surface area (Å²) in [5.41, 5.74) is 2.92. The molecule has 0 fully saturated rings. The van der Waals surface area contributed by atoms with Crippen LogP contribution in [-0.4, -0.2) is 32.6 Å². The van der Waals surface area contributed by atoms with E-state index in [0.29, 0.717) is 23.3 Å². The van der Waals surface area contributed by atoms with Gasteiger partial charge in [0.25, 0.3) is 11.1 Å². The summed E-state index contributed by atoms with van der Waals surface area (Å²) in [5.74, 6) is 1.13. The first-order valence-electron chi connectivity index (χ1n) is 10.9. The third-order valence-electron chi connectivity index (χ3n) is 5.57. The Labute approximate surface area is 205 Å². The summed E-state index contributed by atoms with van der Waals surface area (Å²) in [7, 11) is 0. The standard InChI is InChI=1S/C25H24N4O3S2/c1-25(2,3)17-10-8-16(9-11-17)23-26-27-24(32-23)34-15-22(30)29-19(21-7-5-13-33-21)14-18(28-29)20-6-4-12-31-20/h4-13,19H,14-15H2,1-3H3. The minimum atomic E-state index is -0.146. The molecule has 5 rings (SSSR count). The highest BCUT2D eigenvalue weighted by Crippen LogP contribution is 2.36. The third-order valence-corrected chi connectivity index (χ3v) is 7.34. The van der Waals surface area contributed by atoms with E-state index < -0.39 is 0 Å². The quantitative estimate of drug-likeness (QED) is 0.300. The van der Waals surface area contributed by atoms with Crippen molar-refractivity contribution in [2.45, 2.75) is 43.9 Å². The lowest BCUT2D eigenvalue weighted by atomic mass is 9.87. The number of aromatic nitrogens is 2. The van der Waals surface area contributed by atoms with Crippen molar-refractivity contribution in [3.63, 3.8) is 0 Å². The molecule has 0 spiro atoms. The van der Waals surface area contributed by atoms with E-state index in [4.69, 9.17) is 8.83 Å². The van der Waals surface area contributed by atoms with Gasteiger partial charge in [-0.15, -0.1) is 21.5 Å². The Hall–Kier alpha value is -3.17. The van der Waals surface area contributed by atoms with Crippen LogP contribution in [0.1, 0.15) is 49.4 Å². The minimum Gasteiger partial charge on any atom is -0.463 e. The van der Waals surface area contributed by atoms with Gasteiger partial charge in [0.1, 0.15) is 11.5 Å². The normalized spacial score (nSPS) is 16.1. The maximum Gasteiger partial charge on any atom is 0.277 e. The molecule has 1 amide bonds. The van der Waals surface area contributed by atoms with Gasteiger partial charge in [-0.25, -0.2) is 5.01 Å². The first kappa shape index (κ1) is 22.6. The lowest BCUT2D eigenvalue weighted by Gasteiger charge is -2.20. The Morgan fingerprint density at radius 1 is 1.15 bits per heavy atom. The maximum atomic E-state index is 13.1. The molecule has 0 aliphatic carbocycles. The number of furan rings is 1. The first-order chi connectivity index (χ1) is 16.4. The van der Waals surface area contributed by atoms with Crippen LogP contribution in [0.15, 0.2) is 79.3 Å². The van der Waals surface area contributed by atoms with Crippen LogP contribution >= 0.6 is 23.1 Å². The number of rotatable bonds is 6. The van der Waals surface area contributed by atoms with Gasteiger partial charge in [0.15, 0.2) is 0 Å². The van der Waals surface area contributed by atoms with Crippen LogP contribution in [0.2, 0.25) is 0 Å². The molecular weight excluding hydrogens is 468 g/mol. The highest BCUT2D eigenvalue weighted by molar-refractivity contribution is 7.99. The summed E-state index contributed by atoms with van der Waals surface area (Å²) in [6, 6.07) is 15.7. The summed E-state index contributed by atoms with van der Waals surface area (Å²) >= 11 is 2.83. The molecule has 4 heterocycles. The fraction of sp³-hybridized carbons (Fsp3) is 0.280. The molecule has 0 saturated carbocycles. The van der Waals surface area contributed by atoms with E-state index in [0.717, 1.165) is 16.2 Å². The Bertz CT molecular complexity index is 1290. The fourth-order valence-electron chi connectivity index (χ4n) is 3.72. The van der Waals surface area contributed by atoms with Crippen molar-refractivity contribution < 1.29 is 13.6 Å². The lowest BCUT2D eigenvalue weighted by molar-refractivity contribution is -0.130. The van der Waals surface area contributed by atoms with Crippen LogP contribution < -0.4 is 0 Å². The molecule has 34 heavy (non-hydrogen) atoms. The molecule has 3 aromatic heterocycles. The minimum absolute atomic E-state index is 0.0740. The number of thioether (sulfide) groups is 1.